The molecule has 0 radical (unpaired) electrons. The fraction of sp³-hybridized carbons (Fsp3) is 0.0870. The highest BCUT2D eigenvalue weighted by Gasteiger charge is 2.37. The van der Waals surface area contributed by atoms with E-state index in [-0.39, 0.29) is 11.3 Å². The number of anilines is 1. The van der Waals surface area contributed by atoms with E-state index in [0.29, 0.717) is 22.3 Å². The Hall–Kier alpha value is -3.35. The maximum atomic E-state index is 13.1. The van der Waals surface area contributed by atoms with Crippen molar-refractivity contribution in [1.29, 1.82) is 0 Å². The third kappa shape index (κ3) is 4.13. The van der Waals surface area contributed by atoms with Gasteiger partial charge in [-0.2, -0.15) is 0 Å². The number of rotatable bonds is 4. The van der Waals surface area contributed by atoms with Gasteiger partial charge in [0.05, 0.1) is 5.69 Å². The lowest BCUT2D eigenvalue weighted by atomic mass is 10.1. The zero-order chi connectivity index (χ0) is 22.1. The Balaban J connectivity index is 1.69. The number of benzene rings is 2. The fourth-order valence-corrected chi connectivity index (χ4v) is 3.64. The van der Waals surface area contributed by atoms with Gasteiger partial charge in [-0.3, -0.25) is 14.9 Å². The molecule has 1 fully saturated rings. The molecule has 0 bridgehead atoms. The number of hydrogen-bond donors (Lipinski definition) is 1. The minimum atomic E-state index is -0.821. The minimum absolute atomic E-state index is 0.157. The fourth-order valence-electron chi connectivity index (χ4n) is 3.27. The second-order valence-corrected chi connectivity index (χ2v) is 7.86. The summed E-state index contributed by atoms with van der Waals surface area (Å²) in [4.78, 5) is 38.8. The van der Waals surface area contributed by atoms with E-state index < -0.39 is 17.8 Å². The number of amides is 4. The molecule has 1 N–H and O–H groups in total. The molecular formula is C23H17Cl2N3O3. The molecule has 0 atom stereocenters. The standard InChI is InChI=1S/C23H17Cl2N3O3/c1-14-8-9-17(12-20(14)25)28-22(30)18(21(29)26-23(28)31)11-16-6-4-10-27(16)13-15-5-2-3-7-19(15)24/h2-12H,13H2,1H3,(H,26,29,31). The molecule has 0 spiro atoms. The van der Waals surface area contributed by atoms with Gasteiger partial charge >= 0.3 is 6.03 Å². The van der Waals surface area contributed by atoms with Gasteiger partial charge in [-0.05, 0) is 54.5 Å². The first-order chi connectivity index (χ1) is 14.8. The first-order valence-corrected chi connectivity index (χ1v) is 10.2. The summed E-state index contributed by atoms with van der Waals surface area (Å²) in [5.41, 5.74) is 2.44. The number of carbonyl (C=O) groups is 3. The van der Waals surface area contributed by atoms with Crippen molar-refractivity contribution in [3.8, 4) is 0 Å². The molecule has 1 aliphatic rings. The van der Waals surface area contributed by atoms with E-state index in [1.165, 1.54) is 12.1 Å². The Morgan fingerprint density at radius 3 is 2.48 bits per heavy atom. The van der Waals surface area contributed by atoms with E-state index in [2.05, 4.69) is 5.32 Å². The van der Waals surface area contributed by atoms with Gasteiger partial charge < -0.3 is 4.57 Å². The van der Waals surface area contributed by atoms with Crippen LogP contribution in [-0.2, 0) is 16.1 Å². The molecule has 1 aromatic heterocycles. The molecule has 3 aromatic rings. The monoisotopic (exact) mass is 453 g/mol. The van der Waals surface area contributed by atoms with Gasteiger partial charge in [0, 0.05) is 28.5 Å². The smallest absolute Gasteiger partial charge is 0.335 e. The van der Waals surface area contributed by atoms with Crippen LogP contribution < -0.4 is 10.2 Å². The lowest BCUT2D eigenvalue weighted by Gasteiger charge is -2.26. The number of aryl methyl sites for hydroxylation is 1. The number of barbiturate groups is 1. The lowest BCUT2D eigenvalue weighted by Crippen LogP contribution is -2.54. The van der Waals surface area contributed by atoms with Crippen LogP contribution in [-0.4, -0.2) is 22.4 Å². The predicted octanol–water partition coefficient (Wildman–Crippen LogP) is 4.82. The van der Waals surface area contributed by atoms with Crippen LogP contribution in [0.4, 0.5) is 10.5 Å². The molecule has 1 saturated heterocycles. The van der Waals surface area contributed by atoms with Crippen molar-refractivity contribution in [2.24, 2.45) is 0 Å². The summed E-state index contributed by atoms with van der Waals surface area (Å²) >= 11 is 12.4. The average molecular weight is 454 g/mol. The first kappa shape index (κ1) is 20.9. The van der Waals surface area contributed by atoms with Gasteiger partial charge in [0.25, 0.3) is 11.8 Å². The van der Waals surface area contributed by atoms with Crippen molar-refractivity contribution in [3.63, 3.8) is 0 Å². The van der Waals surface area contributed by atoms with Crippen LogP contribution in [0.15, 0.2) is 66.4 Å². The Morgan fingerprint density at radius 2 is 1.74 bits per heavy atom. The number of imide groups is 2. The first-order valence-electron chi connectivity index (χ1n) is 9.41. The molecule has 0 saturated carbocycles. The SMILES string of the molecule is Cc1ccc(N2C(=O)NC(=O)C(=Cc3cccn3Cc3ccccc3Cl)C2=O)cc1Cl. The van der Waals surface area contributed by atoms with E-state index in [0.717, 1.165) is 16.0 Å². The second kappa shape index (κ2) is 8.41. The van der Waals surface area contributed by atoms with Crippen molar-refractivity contribution in [1.82, 2.24) is 9.88 Å². The van der Waals surface area contributed by atoms with Crippen LogP contribution in [0.2, 0.25) is 10.0 Å². The van der Waals surface area contributed by atoms with Gasteiger partial charge in [0.15, 0.2) is 0 Å². The maximum absolute atomic E-state index is 13.1. The van der Waals surface area contributed by atoms with Gasteiger partial charge in [-0.15, -0.1) is 0 Å². The number of halogens is 2. The highest BCUT2D eigenvalue weighted by molar-refractivity contribution is 6.39. The molecule has 0 aliphatic carbocycles. The normalized spacial score (nSPS) is 15.5. The van der Waals surface area contributed by atoms with Gasteiger partial charge in [0.2, 0.25) is 0 Å². The molecular weight excluding hydrogens is 437 g/mol. The highest BCUT2D eigenvalue weighted by Crippen LogP contribution is 2.27. The molecule has 31 heavy (non-hydrogen) atoms. The van der Waals surface area contributed by atoms with Crippen LogP contribution in [0, 0.1) is 6.92 Å². The number of nitrogens with zero attached hydrogens (tertiary/aromatic N) is 2. The van der Waals surface area contributed by atoms with Crippen molar-refractivity contribution < 1.29 is 14.4 Å². The molecule has 4 rings (SSSR count). The van der Waals surface area contributed by atoms with E-state index in [9.17, 15) is 14.4 Å². The largest absolute Gasteiger partial charge is 0.343 e. The van der Waals surface area contributed by atoms with Crippen LogP contribution in [0.3, 0.4) is 0 Å². The molecule has 0 unspecified atom stereocenters. The van der Waals surface area contributed by atoms with Crippen molar-refractivity contribution in [3.05, 3.63) is 93.2 Å². The summed E-state index contributed by atoms with van der Waals surface area (Å²) in [6.07, 6.45) is 3.29. The van der Waals surface area contributed by atoms with Crippen molar-refractivity contribution >= 4 is 52.8 Å². The van der Waals surface area contributed by atoms with Crippen molar-refractivity contribution in [2.75, 3.05) is 4.90 Å². The van der Waals surface area contributed by atoms with Gasteiger partial charge in [0.1, 0.15) is 5.57 Å². The van der Waals surface area contributed by atoms with E-state index in [4.69, 9.17) is 23.2 Å². The molecule has 8 heteroatoms. The molecule has 2 heterocycles. The van der Waals surface area contributed by atoms with E-state index in [1.807, 2.05) is 35.9 Å². The number of urea groups is 1. The van der Waals surface area contributed by atoms with Gasteiger partial charge in [-0.1, -0.05) is 47.5 Å². The maximum Gasteiger partial charge on any atom is 0.335 e. The molecule has 1 aliphatic heterocycles. The quantitative estimate of drug-likeness (QED) is 0.454. The highest BCUT2D eigenvalue weighted by atomic mass is 35.5. The third-order valence-corrected chi connectivity index (χ3v) is 5.75. The Labute approximate surface area is 188 Å². The molecule has 2 aromatic carbocycles. The van der Waals surface area contributed by atoms with Gasteiger partial charge in [-0.25, -0.2) is 9.69 Å². The van der Waals surface area contributed by atoms with Crippen LogP contribution >= 0.6 is 23.2 Å². The molecule has 156 valence electrons. The van der Waals surface area contributed by atoms with Crippen LogP contribution in [0.5, 0.6) is 0 Å². The number of aromatic nitrogens is 1. The van der Waals surface area contributed by atoms with Crippen molar-refractivity contribution in [2.45, 2.75) is 13.5 Å². The summed E-state index contributed by atoms with van der Waals surface area (Å²) in [6.45, 7) is 2.27. The molecule has 4 amide bonds. The third-order valence-electron chi connectivity index (χ3n) is 4.97. The van der Waals surface area contributed by atoms with E-state index in [1.54, 1.807) is 30.3 Å². The Kier molecular flexibility index (Phi) is 5.67. The summed E-state index contributed by atoms with van der Waals surface area (Å²) in [5, 5.41) is 3.25. The Bertz CT molecular complexity index is 1250. The summed E-state index contributed by atoms with van der Waals surface area (Å²) in [6, 6.07) is 15.0. The number of hydrogen-bond acceptors (Lipinski definition) is 3. The topological polar surface area (TPSA) is 71.4 Å². The minimum Gasteiger partial charge on any atom is -0.343 e. The summed E-state index contributed by atoms with van der Waals surface area (Å²) in [7, 11) is 0. The molecule has 6 nitrogen and oxygen atoms in total. The second-order valence-electron chi connectivity index (χ2n) is 7.04. The van der Waals surface area contributed by atoms with Crippen LogP contribution in [0.1, 0.15) is 16.8 Å². The average Bonchev–Trinajstić information content (AvgIpc) is 3.16. The lowest BCUT2D eigenvalue weighted by molar-refractivity contribution is -0.122. The number of carbonyl (C=O) groups excluding carboxylic acids is 3. The van der Waals surface area contributed by atoms with E-state index >= 15 is 0 Å². The Morgan fingerprint density at radius 1 is 0.968 bits per heavy atom. The zero-order valence-electron chi connectivity index (χ0n) is 16.4. The number of nitrogens with one attached hydrogen (secondary N) is 1. The summed E-state index contributed by atoms with van der Waals surface area (Å²) < 4.78 is 1.86. The van der Waals surface area contributed by atoms with Crippen LogP contribution in [0.25, 0.3) is 6.08 Å². The zero-order valence-corrected chi connectivity index (χ0v) is 17.9. The predicted molar refractivity (Wildman–Crippen MR) is 120 cm³/mol. The summed E-state index contributed by atoms with van der Waals surface area (Å²) in [5.74, 6) is -1.48.